The third-order valence-electron chi connectivity index (χ3n) is 0.956. The van der Waals surface area contributed by atoms with Crippen LogP contribution in [0.1, 0.15) is 10.6 Å². The molecule has 5 nitrogen and oxygen atoms in total. The lowest BCUT2D eigenvalue weighted by Gasteiger charge is -1.95. The molecule has 0 unspecified atom stereocenters. The highest BCUT2D eigenvalue weighted by Gasteiger charge is 2.06. The lowest BCUT2D eigenvalue weighted by molar-refractivity contribution is 0.0942. The Morgan fingerprint density at radius 3 is 3.00 bits per heavy atom. The number of hydrogen-bond donors (Lipinski definition) is 2. The molecule has 1 aromatic heterocycles. The fourth-order valence-electron chi connectivity index (χ4n) is 0.511. The number of carbonyl (C=O) groups excluding carboxylic acids is 1. The van der Waals surface area contributed by atoms with Crippen LogP contribution in [0.3, 0.4) is 0 Å². The van der Waals surface area contributed by atoms with E-state index in [0.29, 0.717) is 0 Å². The van der Waals surface area contributed by atoms with Crippen LogP contribution in [0.2, 0.25) is 0 Å². The van der Waals surface area contributed by atoms with Crippen LogP contribution in [0.4, 0.5) is 4.39 Å². The molecule has 0 fully saturated rings. The maximum Gasteiger partial charge on any atom is 0.303 e. The van der Waals surface area contributed by atoms with E-state index in [1.807, 2.05) is 0 Å². The topological polar surface area (TPSA) is 80.9 Å². The first kappa shape index (κ1) is 7.55. The first-order valence-corrected chi connectivity index (χ1v) is 2.73. The van der Waals surface area contributed by atoms with Crippen LogP contribution >= 0.6 is 0 Å². The molecule has 1 rings (SSSR count). The van der Waals surface area contributed by atoms with E-state index in [4.69, 9.17) is 5.84 Å². The largest absolute Gasteiger partial charge is 0.303 e. The van der Waals surface area contributed by atoms with E-state index in [2.05, 4.69) is 9.97 Å². The number of halogens is 1. The Morgan fingerprint density at radius 1 is 1.73 bits per heavy atom. The van der Waals surface area contributed by atoms with Crippen molar-refractivity contribution in [3.8, 4) is 0 Å². The normalized spacial score (nSPS) is 9.27. The van der Waals surface area contributed by atoms with Crippen molar-refractivity contribution in [2.75, 3.05) is 0 Å². The molecular formula is C5H5FN4O. The molecule has 0 aliphatic carbocycles. The van der Waals surface area contributed by atoms with Crippen molar-refractivity contribution in [2.45, 2.75) is 0 Å². The fraction of sp³-hybridized carbons (Fsp3) is 0. The van der Waals surface area contributed by atoms with Crippen LogP contribution in [0.5, 0.6) is 0 Å². The van der Waals surface area contributed by atoms with Crippen molar-refractivity contribution in [3.63, 3.8) is 0 Å². The first-order chi connectivity index (χ1) is 5.24. The van der Waals surface area contributed by atoms with E-state index in [1.165, 1.54) is 0 Å². The van der Waals surface area contributed by atoms with E-state index in [0.717, 1.165) is 12.3 Å². The summed E-state index contributed by atoms with van der Waals surface area (Å²) < 4.78 is 12.3. The Labute approximate surface area is 61.4 Å². The molecule has 0 bridgehead atoms. The van der Waals surface area contributed by atoms with Crippen LogP contribution in [-0.2, 0) is 0 Å². The number of nitrogens with one attached hydrogen (secondary N) is 1. The van der Waals surface area contributed by atoms with E-state index in [9.17, 15) is 9.18 Å². The molecule has 0 aliphatic heterocycles. The molecule has 11 heavy (non-hydrogen) atoms. The molecule has 3 N–H and O–H groups in total. The van der Waals surface area contributed by atoms with Crippen LogP contribution in [-0.4, -0.2) is 15.9 Å². The SMILES string of the molecule is NNC(=O)c1nccc(F)n1. The predicted octanol–water partition coefficient (Wildman–Crippen LogP) is -0.781. The van der Waals surface area contributed by atoms with Crippen molar-refractivity contribution in [3.05, 3.63) is 24.0 Å². The fourth-order valence-corrected chi connectivity index (χ4v) is 0.511. The Morgan fingerprint density at radius 2 is 2.45 bits per heavy atom. The number of hydrogen-bond acceptors (Lipinski definition) is 4. The summed E-state index contributed by atoms with van der Waals surface area (Å²) in [6, 6.07) is 1.04. The molecule has 1 heterocycles. The number of nitrogen functional groups attached to an aromatic ring is 1. The number of nitrogens with zero attached hydrogens (tertiary/aromatic N) is 2. The third-order valence-corrected chi connectivity index (χ3v) is 0.956. The van der Waals surface area contributed by atoms with Crippen molar-refractivity contribution in [1.29, 1.82) is 0 Å². The molecule has 0 spiro atoms. The van der Waals surface area contributed by atoms with Gasteiger partial charge in [-0.05, 0) is 0 Å². The molecule has 1 aromatic rings. The average molecular weight is 156 g/mol. The molecule has 1 amide bonds. The highest BCUT2D eigenvalue weighted by molar-refractivity contribution is 5.89. The van der Waals surface area contributed by atoms with E-state index in [1.54, 1.807) is 5.43 Å². The zero-order valence-corrected chi connectivity index (χ0v) is 5.41. The monoisotopic (exact) mass is 156 g/mol. The Balaban J connectivity index is 2.96. The lowest BCUT2D eigenvalue weighted by atomic mass is 10.5. The minimum atomic E-state index is -0.765. The zero-order valence-electron chi connectivity index (χ0n) is 5.41. The summed E-state index contributed by atoms with van der Waals surface area (Å²) in [6.07, 6.45) is 1.13. The molecule has 0 atom stereocenters. The quantitative estimate of drug-likeness (QED) is 0.242. The van der Waals surface area contributed by atoms with Gasteiger partial charge in [-0.2, -0.15) is 9.37 Å². The summed E-state index contributed by atoms with van der Waals surface area (Å²) in [6.45, 7) is 0. The lowest BCUT2D eigenvalue weighted by Crippen LogP contribution is -2.31. The second kappa shape index (κ2) is 3.02. The van der Waals surface area contributed by atoms with Crippen LogP contribution < -0.4 is 11.3 Å². The van der Waals surface area contributed by atoms with Gasteiger partial charge in [0, 0.05) is 12.3 Å². The minimum Gasteiger partial charge on any atom is -0.287 e. The average Bonchev–Trinajstić information content (AvgIpc) is 2.03. The molecular weight excluding hydrogens is 151 g/mol. The van der Waals surface area contributed by atoms with Gasteiger partial charge in [0.2, 0.25) is 11.8 Å². The number of carbonyl (C=O) groups is 1. The molecule has 58 valence electrons. The number of hydrazine groups is 1. The number of nitrogens with two attached hydrogens (primary N) is 1. The van der Waals surface area contributed by atoms with Crippen molar-refractivity contribution in [2.24, 2.45) is 5.84 Å². The summed E-state index contributed by atoms with van der Waals surface area (Å²) in [5.41, 5.74) is 1.78. The van der Waals surface area contributed by atoms with E-state index < -0.39 is 11.9 Å². The molecule has 6 heteroatoms. The molecule has 0 aliphatic rings. The number of amides is 1. The van der Waals surface area contributed by atoms with Crippen LogP contribution in [0.25, 0.3) is 0 Å². The second-order valence-electron chi connectivity index (χ2n) is 1.68. The van der Waals surface area contributed by atoms with Gasteiger partial charge in [0.05, 0.1) is 0 Å². The Bertz CT molecular complexity index is 277. The standard InChI is InChI=1S/C5H5FN4O/c6-3-1-2-8-4(9-3)5(11)10-7/h1-2H,7H2,(H,10,11). The molecule has 0 saturated carbocycles. The van der Waals surface area contributed by atoms with Gasteiger partial charge in [-0.1, -0.05) is 0 Å². The van der Waals surface area contributed by atoms with Gasteiger partial charge in [0.1, 0.15) is 0 Å². The van der Waals surface area contributed by atoms with Gasteiger partial charge in [-0.3, -0.25) is 10.2 Å². The molecule has 0 radical (unpaired) electrons. The highest BCUT2D eigenvalue weighted by atomic mass is 19.1. The van der Waals surface area contributed by atoms with Gasteiger partial charge in [0.25, 0.3) is 0 Å². The van der Waals surface area contributed by atoms with Gasteiger partial charge in [-0.25, -0.2) is 10.8 Å². The summed E-state index contributed by atoms with van der Waals surface area (Å²) in [7, 11) is 0. The van der Waals surface area contributed by atoms with E-state index in [-0.39, 0.29) is 5.82 Å². The van der Waals surface area contributed by atoms with E-state index >= 15 is 0 Å². The van der Waals surface area contributed by atoms with Crippen molar-refractivity contribution >= 4 is 5.91 Å². The highest BCUT2D eigenvalue weighted by Crippen LogP contribution is 1.91. The van der Waals surface area contributed by atoms with Gasteiger partial charge in [0.15, 0.2) is 0 Å². The third kappa shape index (κ3) is 1.68. The molecule has 0 saturated heterocycles. The number of aromatic nitrogens is 2. The Hall–Kier alpha value is -1.56. The van der Waals surface area contributed by atoms with Crippen molar-refractivity contribution in [1.82, 2.24) is 15.4 Å². The smallest absolute Gasteiger partial charge is 0.287 e. The maximum absolute atomic E-state index is 12.3. The van der Waals surface area contributed by atoms with Gasteiger partial charge in [-0.15, -0.1) is 0 Å². The summed E-state index contributed by atoms with van der Waals surface area (Å²) >= 11 is 0. The zero-order chi connectivity index (χ0) is 8.27. The summed E-state index contributed by atoms with van der Waals surface area (Å²) in [5.74, 6) is 2.98. The van der Waals surface area contributed by atoms with Gasteiger partial charge >= 0.3 is 5.91 Å². The maximum atomic E-state index is 12.3. The second-order valence-corrected chi connectivity index (χ2v) is 1.68. The minimum absolute atomic E-state index is 0.285. The predicted molar refractivity (Wildman–Crippen MR) is 33.6 cm³/mol. The van der Waals surface area contributed by atoms with Crippen molar-refractivity contribution < 1.29 is 9.18 Å². The first-order valence-electron chi connectivity index (χ1n) is 2.73. The molecule has 0 aromatic carbocycles. The van der Waals surface area contributed by atoms with Crippen LogP contribution in [0.15, 0.2) is 12.3 Å². The van der Waals surface area contributed by atoms with Crippen LogP contribution in [0, 0.1) is 5.95 Å². The number of rotatable bonds is 1. The Kier molecular flexibility index (Phi) is 2.07. The van der Waals surface area contributed by atoms with Gasteiger partial charge < -0.3 is 0 Å². The summed E-state index contributed by atoms with van der Waals surface area (Å²) in [4.78, 5) is 17.3. The summed E-state index contributed by atoms with van der Waals surface area (Å²) in [5, 5.41) is 0.